The van der Waals surface area contributed by atoms with Gasteiger partial charge in [0, 0.05) is 0 Å². The van der Waals surface area contributed by atoms with Crippen molar-refractivity contribution < 1.29 is 17.6 Å². The number of aromatic nitrogens is 4. The molecule has 0 spiro atoms. The van der Waals surface area contributed by atoms with Gasteiger partial charge in [-0.2, -0.15) is 27.5 Å². The molecule has 2 aliphatic carbocycles. The predicted octanol–water partition coefficient (Wildman–Crippen LogP) is 9.38. The molecule has 0 aromatic carbocycles. The summed E-state index contributed by atoms with van der Waals surface area (Å²) in [5.74, 6) is -3.61. The first-order chi connectivity index (χ1) is 20.6. The minimum Gasteiger partial charge on any atom is -0.252 e. The lowest BCUT2D eigenvalue weighted by molar-refractivity contribution is 0.163. The molecule has 43 heavy (non-hydrogen) atoms. The zero-order valence-corrected chi connectivity index (χ0v) is 24.6. The Balaban J connectivity index is 1.58. The summed E-state index contributed by atoms with van der Waals surface area (Å²) in [6.45, 7) is 4.65. The Kier molecular flexibility index (Phi) is 7.82. The summed E-state index contributed by atoms with van der Waals surface area (Å²) in [5.41, 5.74) is 1.79. The van der Waals surface area contributed by atoms with Crippen LogP contribution in [0.2, 0.25) is 0 Å². The smallest absolute Gasteiger partial charge is 0.224 e. The van der Waals surface area contributed by atoms with Gasteiger partial charge in [-0.05, 0) is 97.9 Å². The molecular weight excluding hydrogens is 552 g/mol. The summed E-state index contributed by atoms with van der Waals surface area (Å²) >= 11 is 0. The fraction of sp³-hybridized carbons (Fsp3) is 0.429. The van der Waals surface area contributed by atoms with E-state index < -0.39 is 29.2 Å². The molecule has 6 rings (SSSR count). The second-order valence-corrected chi connectivity index (χ2v) is 13.2. The number of halogens is 4. The third kappa shape index (κ3) is 5.93. The molecule has 0 N–H and O–H groups in total. The summed E-state index contributed by atoms with van der Waals surface area (Å²) in [4.78, 5) is 17.0. The molecule has 0 unspecified atom stereocenters. The van der Waals surface area contributed by atoms with Gasteiger partial charge in [-0.3, -0.25) is 9.97 Å². The van der Waals surface area contributed by atoms with Crippen molar-refractivity contribution >= 4 is 0 Å². The van der Waals surface area contributed by atoms with Crippen molar-refractivity contribution in [2.45, 2.75) is 83.5 Å². The van der Waals surface area contributed by atoms with Crippen LogP contribution >= 0.6 is 0 Å². The van der Waals surface area contributed by atoms with E-state index in [-0.39, 0.29) is 22.0 Å². The van der Waals surface area contributed by atoms with Crippen LogP contribution < -0.4 is 0 Å². The van der Waals surface area contributed by atoms with E-state index in [0.29, 0.717) is 11.4 Å². The van der Waals surface area contributed by atoms with Crippen LogP contribution in [0, 0.1) is 34.6 Å². The van der Waals surface area contributed by atoms with Crippen molar-refractivity contribution in [3.8, 4) is 22.5 Å². The van der Waals surface area contributed by atoms with Crippen molar-refractivity contribution in [2.24, 2.45) is 10.8 Å². The highest BCUT2D eigenvalue weighted by atomic mass is 19.1. The third-order valence-corrected chi connectivity index (χ3v) is 9.74. The monoisotopic (exact) mass is 588 g/mol. The fourth-order valence-corrected chi connectivity index (χ4v) is 7.73. The molecule has 0 aliphatic heterocycles. The van der Waals surface area contributed by atoms with Crippen LogP contribution in [0.1, 0.15) is 89.4 Å². The Morgan fingerprint density at radius 3 is 1.33 bits per heavy atom. The number of nitrogens with zero attached hydrogens (tertiary/aromatic N) is 4. The zero-order valence-electron chi connectivity index (χ0n) is 24.6. The molecule has 0 radical (unpaired) electrons. The largest absolute Gasteiger partial charge is 0.252 e. The summed E-state index contributed by atoms with van der Waals surface area (Å²) in [6.07, 6.45) is 10.4. The van der Waals surface area contributed by atoms with E-state index >= 15 is 0 Å². The highest BCUT2D eigenvalue weighted by Crippen LogP contribution is 2.56. The molecule has 0 amide bonds. The minimum absolute atomic E-state index is 0.00962. The highest BCUT2D eigenvalue weighted by Gasteiger charge is 2.49. The molecule has 0 atom stereocenters. The summed E-state index contributed by atoms with van der Waals surface area (Å²) in [7, 11) is 0. The van der Waals surface area contributed by atoms with E-state index in [9.17, 15) is 17.6 Å². The van der Waals surface area contributed by atoms with Crippen molar-refractivity contribution in [1.29, 1.82) is 0 Å². The van der Waals surface area contributed by atoms with Gasteiger partial charge < -0.3 is 0 Å². The Morgan fingerprint density at radius 2 is 0.953 bits per heavy atom. The molecule has 2 saturated carbocycles. The Hall–Kier alpha value is -3.68. The van der Waals surface area contributed by atoms with Gasteiger partial charge in [0.15, 0.2) is 0 Å². The van der Waals surface area contributed by atoms with Crippen LogP contribution in [-0.4, -0.2) is 19.9 Å². The van der Waals surface area contributed by atoms with Crippen molar-refractivity contribution in [2.75, 3.05) is 0 Å². The maximum Gasteiger partial charge on any atom is 0.224 e. The SMILES string of the molecule is CC1(CC(CC2(C)CCCC2)(c2cccc(-c3ccc(F)nc3F)n2)c2cccc(-c3ccc(F)nc3F)n2)CCCC1. The quantitative estimate of drug-likeness (QED) is 0.152. The highest BCUT2D eigenvalue weighted by molar-refractivity contribution is 5.61. The van der Waals surface area contributed by atoms with Gasteiger partial charge in [-0.25, -0.2) is 0 Å². The van der Waals surface area contributed by atoms with Crippen LogP contribution in [0.5, 0.6) is 0 Å². The van der Waals surface area contributed by atoms with Crippen LogP contribution in [-0.2, 0) is 5.41 Å². The third-order valence-electron chi connectivity index (χ3n) is 9.74. The molecule has 8 heteroatoms. The average molecular weight is 589 g/mol. The first-order valence-electron chi connectivity index (χ1n) is 15.2. The molecule has 2 fully saturated rings. The molecule has 4 aromatic heterocycles. The predicted molar refractivity (Wildman–Crippen MR) is 158 cm³/mol. The normalized spacial score (nSPS) is 17.8. The first kappa shape index (κ1) is 29.4. The number of hydrogen-bond donors (Lipinski definition) is 0. The number of rotatable bonds is 8. The molecular formula is C35H36F4N4. The Morgan fingerprint density at radius 1 is 0.558 bits per heavy atom. The average Bonchev–Trinajstić information content (AvgIpc) is 3.60. The van der Waals surface area contributed by atoms with Crippen molar-refractivity contribution in [3.05, 3.63) is 95.8 Å². The van der Waals surface area contributed by atoms with E-state index in [4.69, 9.17) is 9.97 Å². The minimum atomic E-state index is -0.917. The number of hydrogen-bond acceptors (Lipinski definition) is 4. The van der Waals surface area contributed by atoms with Crippen LogP contribution in [0.3, 0.4) is 0 Å². The summed E-state index contributed by atoms with van der Waals surface area (Å²) < 4.78 is 57.2. The van der Waals surface area contributed by atoms with Gasteiger partial charge in [-0.15, -0.1) is 0 Å². The van der Waals surface area contributed by atoms with Gasteiger partial charge >= 0.3 is 0 Å². The summed E-state index contributed by atoms with van der Waals surface area (Å²) in [5, 5.41) is 0. The molecule has 2 aliphatic rings. The molecule has 4 heterocycles. The van der Waals surface area contributed by atoms with Crippen molar-refractivity contribution in [3.63, 3.8) is 0 Å². The Labute approximate surface area is 250 Å². The van der Waals surface area contributed by atoms with Crippen molar-refractivity contribution in [1.82, 2.24) is 19.9 Å². The zero-order chi connectivity index (χ0) is 30.2. The van der Waals surface area contributed by atoms with Crippen LogP contribution in [0.25, 0.3) is 22.5 Å². The lowest BCUT2D eigenvalue weighted by Gasteiger charge is -2.44. The van der Waals surface area contributed by atoms with E-state index in [1.807, 2.05) is 24.3 Å². The molecule has 4 nitrogen and oxygen atoms in total. The molecule has 0 saturated heterocycles. The lowest BCUT2D eigenvalue weighted by atomic mass is 9.60. The second kappa shape index (κ2) is 11.4. The van der Waals surface area contributed by atoms with Gasteiger partial charge in [-0.1, -0.05) is 51.7 Å². The van der Waals surface area contributed by atoms with Gasteiger partial charge in [0.25, 0.3) is 0 Å². The fourth-order valence-electron chi connectivity index (χ4n) is 7.73. The maximum atomic E-state index is 14.9. The van der Waals surface area contributed by atoms with Gasteiger partial charge in [0.1, 0.15) is 0 Å². The molecule has 224 valence electrons. The number of pyridine rings is 4. The van der Waals surface area contributed by atoms with Crippen LogP contribution in [0.15, 0.2) is 60.7 Å². The van der Waals surface area contributed by atoms with Gasteiger partial charge in [0.05, 0.1) is 39.3 Å². The maximum absolute atomic E-state index is 14.9. The lowest BCUT2D eigenvalue weighted by Crippen LogP contribution is -2.40. The van der Waals surface area contributed by atoms with Crippen LogP contribution in [0.4, 0.5) is 17.6 Å². The Bertz CT molecular complexity index is 1510. The van der Waals surface area contributed by atoms with E-state index in [2.05, 4.69) is 23.8 Å². The van der Waals surface area contributed by atoms with E-state index in [1.165, 1.54) is 12.1 Å². The first-order valence-corrected chi connectivity index (χ1v) is 15.2. The summed E-state index contributed by atoms with van der Waals surface area (Å²) in [6, 6.07) is 16.1. The molecule has 0 bridgehead atoms. The topological polar surface area (TPSA) is 51.6 Å². The molecule has 4 aromatic rings. The van der Waals surface area contributed by atoms with Gasteiger partial charge in [0.2, 0.25) is 23.8 Å². The van der Waals surface area contributed by atoms with E-state index in [1.54, 1.807) is 12.1 Å². The second-order valence-electron chi connectivity index (χ2n) is 13.2. The standard InChI is InChI=1S/C35H36F4N4/c1-33(17-3-4-18-33)21-35(22-34(2)19-5-6-20-34,27-11-7-9-25(40-27)23-13-15-29(36)42-31(23)38)28-12-8-10-26(41-28)24-14-16-30(37)43-32(24)39/h7-16H,3-6,17-22H2,1-2H3. The van der Waals surface area contributed by atoms with E-state index in [0.717, 1.165) is 87.7 Å².